The first-order chi connectivity index (χ1) is 9.93. The fraction of sp³-hybridized carbons (Fsp3) is 0.471. The van der Waals surface area contributed by atoms with Crippen molar-refractivity contribution in [2.24, 2.45) is 0 Å². The third kappa shape index (κ3) is 3.11. The number of nitrogens with two attached hydrogens (primary N) is 1. The minimum absolute atomic E-state index is 0.141. The SMILES string of the molecule is CC(C)(C)c1nc(CN2CCc3cccc(N)c3C2)cs1. The Labute approximate surface area is 130 Å². The van der Waals surface area contributed by atoms with Gasteiger partial charge in [-0.2, -0.15) is 0 Å². The van der Waals surface area contributed by atoms with Crippen molar-refractivity contribution in [1.82, 2.24) is 9.88 Å². The molecule has 2 aromatic rings. The molecule has 0 fully saturated rings. The van der Waals surface area contributed by atoms with Gasteiger partial charge in [0, 0.05) is 36.1 Å². The van der Waals surface area contributed by atoms with Crippen LogP contribution in [-0.4, -0.2) is 16.4 Å². The second kappa shape index (κ2) is 5.43. The lowest BCUT2D eigenvalue weighted by atomic mass is 9.98. The van der Waals surface area contributed by atoms with Crippen LogP contribution in [0.5, 0.6) is 0 Å². The molecule has 0 saturated carbocycles. The van der Waals surface area contributed by atoms with E-state index in [1.807, 2.05) is 6.07 Å². The van der Waals surface area contributed by atoms with Gasteiger partial charge in [0.05, 0.1) is 10.7 Å². The molecule has 0 atom stereocenters. The molecule has 2 heterocycles. The van der Waals surface area contributed by atoms with Crippen molar-refractivity contribution in [1.29, 1.82) is 0 Å². The molecular weight excluding hydrogens is 278 g/mol. The number of nitrogen functional groups attached to an aromatic ring is 1. The molecule has 3 rings (SSSR count). The van der Waals surface area contributed by atoms with Gasteiger partial charge < -0.3 is 5.73 Å². The molecule has 21 heavy (non-hydrogen) atoms. The van der Waals surface area contributed by atoms with E-state index in [-0.39, 0.29) is 5.41 Å². The number of benzene rings is 1. The van der Waals surface area contributed by atoms with Crippen LogP contribution >= 0.6 is 11.3 Å². The maximum atomic E-state index is 6.12. The molecule has 112 valence electrons. The quantitative estimate of drug-likeness (QED) is 0.862. The van der Waals surface area contributed by atoms with E-state index in [9.17, 15) is 0 Å². The maximum absolute atomic E-state index is 6.12. The summed E-state index contributed by atoms with van der Waals surface area (Å²) >= 11 is 1.77. The molecule has 0 radical (unpaired) electrons. The number of rotatable bonds is 2. The second-order valence-corrected chi connectivity index (χ2v) is 7.70. The van der Waals surface area contributed by atoms with E-state index in [1.54, 1.807) is 11.3 Å². The Morgan fingerprint density at radius 3 is 2.86 bits per heavy atom. The third-order valence-electron chi connectivity index (χ3n) is 3.97. The molecule has 0 unspecified atom stereocenters. The van der Waals surface area contributed by atoms with Gasteiger partial charge in [-0.25, -0.2) is 4.98 Å². The highest BCUT2D eigenvalue weighted by Gasteiger charge is 2.21. The predicted molar refractivity (Wildman–Crippen MR) is 89.5 cm³/mol. The number of nitrogens with zero attached hydrogens (tertiary/aromatic N) is 2. The van der Waals surface area contributed by atoms with Gasteiger partial charge in [-0.1, -0.05) is 32.9 Å². The summed E-state index contributed by atoms with van der Waals surface area (Å²) in [5, 5.41) is 3.42. The molecule has 1 aliphatic heterocycles. The standard InChI is InChI=1S/C17H23N3S/c1-17(2,3)16-19-13(11-21-16)9-20-8-7-12-5-4-6-15(18)14(12)10-20/h4-6,11H,7-10,18H2,1-3H3. The van der Waals surface area contributed by atoms with Crippen molar-refractivity contribution in [2.45, 2.75) is 45.7 Å². The fourth-order valence-corrected chi connectivity index (χ4v) is 3.65. The molecule has 3 nitrogen and oxygen atoms in total. The lowest BCUT2D eigenvalue weighted by molar-refractivity contribution is 0.243. The summed E-state index contributed by atoms with van der Waals surface area (Å²) in [6, 6.07) is 6.26. The van der Waals surface area contributed by atoms with Crippen molar-refractivity contribution < 1.29 is 0 Å². The van der Waals surface area contributed by atoms with Gasteiger partial charge in [0.2, 0.25) is 0 Å². The smallest absolute Gasteiger partial charge is 0.0982 e. The Kier molecular flexibility index (Phi) is 3.76. The fourth-order valence-electron chi connectivity index (χ4n) is 2.75. The highest BCUT2D eigenvalue weighted by Crippen LogP contribution is 2.28. The molecule has 4 heteroatoms. The number of anilines is 1. The molecule has 1 aromatic carbocycles. The number of fused-ring (bicyclic) bond motifs is 1. The summed E-state index contributed by atoms with van der Waals surface area (Å²) in [5.41, 5.74) is 11.1. The van der Waals surface area contributed by atoms with Crippen molar-refractivity contribution in [3.8, 4) is 0 Å². The number of aromatic nitrogens is 1. The molecular formula is C17H23N3S. The Bertz CT molecular complexity index is 640. The van der Waals surface area contributed by atoms with Gasteiger partial charge in [0.1, 0.15) is 0 Å². The summed E-state index contributed by atoms with van der Waals surface area (Å²) < 4.78 is 0. The number of hydrogen-bond donors (Lipinski definition) is 1. The molecule has 0 bridgehead atoms. The first-order valence-corrected chi connectivity index (χ1v) is 8.35. The monoisotopic (exact) mass is 301 g/mol. The minimum Gasteiger partial charge on any atom is -0.398 e. The summed E-state index contributed by atoms with van der Waals surface area (Å²) in [5.74, 6) is 0. The molecule has 0 saturated heterocycles. The molecule has 2 N–H and O–H groups in total. The number of thiazole rings is 1. The predicted octanol–water partition coefficient (Wildman–Crippen LogP) is 3.58. The summed E-state index contributed by atoms with van der Waals surface area (Å²) in [6.07, 6.45) is 1.08. The summed E-state index contributed by atoms with van der Waals surface area (Å²) in [4.78, 5) is 7.24. The lowest BCUT2D eigenvalue weighted by Crippen LogP contribution is -2.30. The molecule has 0 amide bonds. The Balaban J connectivity index is 1.73. The average molecular weight is 301 g/mol. The first-order valence-electron chi connectivity index (χ1n) is 7.47. The van der Waals surface area contributed by atoms with Gasteiger partial charge in [0.15, 0.2) is 0 Å². The van der Waals surface area contributed by atoms with Crippen LogP contribution in [0.4, 0.5) is 5.69 Å². The Hall–Kier alpha value is -1.39. The van der Waals surface area contributed by atoms with E-state index in [1.165, 1.54) is 21.8 Å². The lowest BCUT2D eigenvalue weighted by Gasteiger charge is -2.29. The van der Waals surface area contributed by atoms with E-state index in [4.69, 9.17) is 10.7 Å². The van der Waals surface area contributed by atoms with Gasteiger partial charge in [0.25, 0.3) is 0 Å². The Morgan fingerprint density at radius 2 is 2.14 bits per heavy atom. The minimum atomic E-state index is 0.141. The van der Waals surface area contributed by atoms with Crippen LogP contribution in [0.3, 0.4) is 0 Å². The third-order valence-corrected chi connectivity index (χ3v) is 5.28. The maximum Gasteiger partial charge on any atom is 0.0982 e. The van der Waals surface area contributed by atoms with Crippen molar-refractivity contribution in [3.63, 3.8) is 0 Å². The van der Waals surface area contributed by atoms with E-state index < -0.39 is 0 Å². The van der Waals surface area contributed by atoms with E-state index in [0.717, 1.165) is 31.7 Å². The molecule has 0 spiro atoms. The highest BCUT2D eigenvalue weighted by atomic mass is 32.1. The summed E-state index contributed by atoms with van der Waals surface area (Å²) in [6.45, 7) is 9.58. The van der Waals surface area contributed by atoms with Crippen molar-refractivity contribution in [2.75, 3.05) is 12.3 Å². The van der Waals surface area contributed by atoms with E-state index in [0.29, 0.717) is 0 Å². The van der Waals surface area contributed by atoms with Gasteiger partial charge >= 0.3 is 0 Å². The van der Waals surface area contributed by atoms with Crippen molar-refractivity contribution in [3.05, 3.63) is 45.4 Å². The summed E-state index contributed by atoms with van der Waals surface area (Å²) in [7, 11) is 0. The van der Waals surface area contributed by atoms with Crippen LogP contribution in [0.15, 0.2) is 23.6 Å². The zero-order valence-corrected chi connectivity index (χ0v) is 13.8. The van der Waals surface area contributed by atoms with Crippen LogP contribution in [0.1, 0.15) is 42.6 Å². The zero-order valence-electron chi connectivity index (χ0n) is 13.0. The topological polar surface area (TPSA) is 42.2 Å². The molecule has 1 aromatic heterocycles. The Morgan fingerprint density at radius 1 is 1.33 bits per heavy atom. The van der Waals surface area contributed by atoms with E-state index >= 15 is 0 Å². The van der Waals surface area contributed by atoms with Gasteiger partial charge in [-0.05, 0) is 23.6 Å². The molecule has 1 aliphatic rings. The van der Waals surface area contributed by atoms with Gasteiger partial charge in [-0.3, -0.25) is 4.90 Å². The number of hydrogen-bond acceptors (Lipinski definition) is 4. The van der Waals surface area contributed by atoms with E-state index in [2.05, 4.69) is 43.2 Å². The van der Waals surface area contributed by atoms with Crippen LogP contribution in [0.2, 0.25) is 0 Å². The van der Waals surface area contributed by atoms with Gasteiger partial charge in [-0.15, -0.1) is 11.3 Å². The first kappa shape index (κ1) is 14.5. The van der Waals surface area contributed by atoms with Crippen LogP contribution in [0, 0.1) is 0 Å². The normalized spacial score (nSPS) is 16.0. The van der Waals surface area contributed by atoms with Crippen molar-refractivity contribution >= 4 is 17.0 Å². The highest BCUT2D eigenvalue weighted by molar-refractivity contribution is 7.09. The molecule has 0 aliphatic carbocycles. The average Bonchev–Trinajstić information content (AvgIpc) is 2.88. The van der Waals surface area contributed by atoms with Crippen LogP contribution < -0.4 is 5.73 Å². The second-order valence-electron chi connectivity index (χ2n) is 6.84. The van der Waals surface area contributed by atoms with Crippen LogP contribution in [-0.2, 0) is 24.9 Å². The zero-order chi connectivity index (χ0) is 15.0. The van der Waals surface area contributed by atoms with Crippen LogP contribution in [0.25, 0.3) is 0 Å². The largest absolute Gasteiger partial charge is 0.398 e.